The predicted octanol–water partition coefficient (Wildman–Crippen LogP) is 2.03. The molecule has 0 radical (unpaired) electrons. The highest BCUT2D eigenvalue weighted by atomic mass is 15.2. The number of nitrogens with one attached hydrogen (secondary N) is 2. The number of aromatic nitrogens is 2. The molecular formula is C17H25N5. The van der Waals surface area contributed by atoms with E-state index in [1.807, 2.05) is 24.1 Å². The average Bonchev–Trinajstić information content (AvgIpc) is 2.92. The van der Waals surface area contributed by atoms with Gasteiger partial charge in [-0.1, -0.05) is 24.3 Å². The van der Waals surface area contributed by atoms with E-state index in [1.165, 1.54) is 16.7 Å². The van der Waals surface area contributed by atoms with Crippen molar-refractivity contribution in [3.63, 3.8) is 0 Å². The van der Waals surface area contributed by atoms with E-state index in [-0.39, 0.29) is 0 Å². The molecule has 0 bridgehead atoms. The van der Waals surface area contributed by atoms with Crippen LogP contribution < -0.4 is 10.6 Å². The molecule has 0 spiro atoms. The topological polar surface area (TPSA) is 54.2 Å². The first-order valence-electron chi connectivity index (χ1n) is 7.73. The molecular weight excluding hydrogens is 274 g/mol. The molecule has 5 nitrogen and oxygen atoms in total. The van der Waals surface area contributed by atoms with E-state index >= 15 is 0 Å². The van der Waals surface area contributed by atoms with Crippen LogP contribution >= 0.6 is 0 Å². The van der Waals surface area contributed by atoms with E-state index in [0.29, 0.717) is 6.54 Å². The highest BCUT2D eigenvalue weighted by Crippen LogP contribution is 2.07. The zero-order valence-corrected chi connectivity index (χ0v) is 13.6. The third kappa shape index (κ3) is 4.91. The van der Waals surface area contributed by atoms with Gasteiger partial charge in [-0.05, 0) is 37.0 Å². The Morgan fingerprint density at radius 2 is 2.09 bits per heavy atom. The van der Waals surface area contributed by atoms with Crippen molar-refractivity contribution < 1.29 is 0 Å². The maximum Gasteiger partial charge on any atom is 0.191 e. The zero-order chi connectivity index (χ0) is 15.8. The van der Waals surface area contributed by atoms with E-state index in [2.05, 4.69) is 58.8 Å². The maximum atomic E-state index is 4.65. The first-order chi connectivity index (χ1) is 10.7. The van der Waals surface area contributed by atoms with Gasteiger partial charge in [-0.15, -0.1) is 0 Å². The number of aryl methyl sites for hydroxylation is 2. The zero-order valence-electron chi connectivity index (χ0n) is 13.6. The van der Waals surface area contributed by atoms with Gasteiger partial charge < -0.3 is 10.6 Å². The fourth-order valence-electron chi connectivity index (χ4n) is 2.22. The average molecular weight is 299 g/mol. The van der Waals surface area contributed by atoms with E-state index in [9.17, 15) is 0 Å². The molecule has 5 heteroatoms. The van der Waals surface area contributed by atoms with Gasteiger partial charge in [0.1, 0.15) is 0 Å². The monoisotopic (exact) mass is 299 g/mol. The third-order valence-corrected chi connectivity index (χ3v) is 3.48. The Hall–Kier alpha value is -2.30. The second-order valence-electron chi connectivity index (χ2n) is 5.32. The van der Waals surface area contributed by atoms with Gasteiger partial charge in [0.2, 0.25) is 0 Å². The smallest absolute Gasteiger partial charge is 0.191 e. The van der Waals surface area contributed by atoms with Crippen molar-refractivity contribution in [3.05, 3.63) is 53.3 Å². The van der Waals surface area contributed by atoms with Crippen LogP contribution in [0.3, 0.4) is 0 Å². The van der Waals surface area contributed by atoms with Crippen LogP contribution in [0.1, 0.15) is 23.6 Å². The van der Waals surface area contributed by atoms with Crippen LogP contribution in [0.5, 0.6) is 0 Å². The summed E-state index contributed by atoms with van der Waals surface area (Å²) in [7, 11) is 1.94. The molecule has 0 saturated heterocycles. The molecule has 0 unspecified atom stereocenters. The molecule has 0 atom stereocenters. The Balaban J connectivity index is 1.88. The van der Waals surface area contributed by atoms with Crippen molar-refractivity contribution in [1.82, 2.24) is 20.4 Å². The Morgan fingerprint density at radius 3 is 2.77 bits per heavy atom. The first-order valence-corrected chi connectivity index (χ1v) is 7.73. The Morgan fingerprint density at radius 1 is 1.27 bits per heavy atom. The lowest BCUT2D eigenvalue weighted by Gasteiger charge is -2.11. The standard InChI is InChI=1S/C17H25N5/c1-4-18-17(19-10-9-15-11-21-22(3)13-15)20-12-16-8-6-5-7-14(16)2/h5-8,11,13H,4,9-10,12H2,1-3H3,(H2,18,19,20). The van der Waals surface area contributed by atoms with Crippen LogP contribution in [0, 0.1) is 6.92 Å². The van der Waals surface area contributed by atoms with Gasteiger partial charge >= 0.3 is 0 Å². The van der Waals surface area contributed by atoms with Crippen molar-refractivity contribution in [3.8, 4) is 0 Å². The Kier molecular flexibility index (Phi) is 6.01. The molecule has 1 aromatic heterocycles. The number of nitrogens with zero attached hydrogens (tertiary/aromatic N) is 3. The highest BCUT2D eigenvalue weighted by Gasteiger charge is 2.01. The molecule has 118 valence electrons. The largest absolute Gasteiger partial charge is 0.357 e. The van der Waals surface area contributed by atoms with Gasteiger partial charge in [-0.2, -0.15) is 5.10 Å². The molecule has 22 heavy (non-hydrogen) atoms. The molecule has 0 saturated carbocycles. The molecule has 1 aromatic carbocycles. The number of aliphatic imine (C=N–C) groups is 1. The minimum Gasteiger partial charge on any atom is -0.357 e. The lowest BCUT2D eigenvalue weighted by Crippen LogP contribution is -2.38. The van der Waals surface area contributed by atoms with E-state index in [1.54, 1.807) is 0 Å². The summed E-state index contributed by atoms with van der Waals surface area (Å²) in [5.41, 5.74) is 3.76. The van der Waals surface area contributed by atoms with Crippen molar-refractivity contribution in [1.29, 1.82) is 0 Å². The van der Waals surface area contributed by atoms with Crippen LogP contribution in [-0.2, 0) is 20.0 Å². The van der Waals surface area contributed by atoms with Gasteiger partial charge in [0, 0.05) is 26.3 Å². The molecule has 1 heterocycles. The molecule has 0 fully saturated rings. The molecule has 0 aliphatic rings. The third-order valence-electron chi connectivity index (χ3n) is 3.48. The fraction of sp³-hybridized carbons (Fsp3) is 0.412. The number of rotatable bonds is 6. The normalized spacial score (nSPS) is 11.5. The lowest BCUT2D eigenvalue weighted by atomic mass is 10.1. The van der Waals surface area contributed by atoms with E-state index in [4.69, 9.17) is 0 Å². The van der Waals surface area contributed by atoms with Crippen molar-refractivity contribution in [2.75, 3.05) is 13.1 Å². The summed E-state index contributed by atoms with van der Waals surface area (Å²) in [6.45, 7) is 6.58. The van der Waals surface area contributed by atoms with Crippen LogP contribution in [0.15, 0.2) is 41.7 Å². The molecule has 0 amide bonds. The van der Waals surface area contributed by atoms with Crippen LogP contribution in [0.4, 0.5) is 0 Å². The van der Waals surface area contributed by atoms with Crippen LogP contribution in [0.2, 0.25) is 0 Å². The fourth-order valence-corrected chi connectivity index (χ4v) is 2.22. The summed E-state index contributed by atoms with van der Waals surface area (Å²) in [5, 5.41) is 10.8. The summed E-state index contributed by atoms with van der Waals surface area (Å²) < 4.78 is 1.83. The van der Waals surface area contributed by atoms with E-state index < -0.39 is 0 Å². The molecule has 2 N–H and O–H groups in total. The summed E-state index contributed by atoms with van der Waals surface area (Å²) in [6.07, 6.45) is 4.88. The summed E-state index contributed by atoms with van der Waals surface area (Å²) in [6, 6.07) is 8.35. The SMILES string of the molecule is CCNC(=NCc1ccccc1C)NCCc1cnn(C)c1. The second kappa shape index (κ2) is 8.22. The molecule has 2 aromatic rings. The van der Waals surface area contributed by atoms with Crippen LogP contribution in [0.25, 0.3) is 0 Å². The van der Waals surface area contributed by atoms with Crippen LogP contribution in [-0.4, -0.2) is 28.8 Å². The Labute approximate surface area is 132 Å². The van der Waals surface area contributed by atoms with Crippen molar-refractivity contribution >= 4 is 5.96 Å². The van der Waals surface area contributed by atoms with Crippen molar-refractivity contribution in [2.24, 2.45) is 12.0 Å². The summed E-state index contributed by atoms with van der Waals surface area (Å²) in [5.74, 6) is 0.856. The first kappa shape index (κ1) is 16.1. The minimum atomic E-state index is 0.689. The lowest BCUT2D eigenvalue weighted by molar-refractivity contribution is 0.765. The quantitative estimate of drug-likeness (QED) is 0.634. The van der Waals surface area contributed by atoms with E-state index in [0.717, 1.165) is 25.5 Å². The maximum absolute atomic E-state index is 4.65. The van der Waals surface area contributed by atoms with Crippen molar-refractivity contribution in [2.45, 2.75) is 26.8 Å². The molecule has 0 aliphatic heterocycles. The second-order valence-corrected chi connectivity index (χ2v) is 5.32. The molecule has 0 aliphatic carbocycles. The van der Waals surface area contributed by atoms with Gasteiger partial charge in [0.15, 0.2) is 5.96 Å². The van der Waals surface area contributed by atoms with Gasteiger partial charge in [-0.3, -0.25) is 4.68 Å². The number of hydrogen-bond donors (Lipinski definition) is 2. The van der Waals surface area contributed by atoms with Gasteiger partial charge in [0.05, 0.1) is 12.7 Å². The molecule has 2 rings (SSSR count). The summed E-state index contributed by atoms with van der Waals surface area (Å²) in [4.78, 5) is 4.65. The van der Waals surface area contributed by atoms with Gasteiger partial charge in [-0.25, -0.2) is 4.99 Å². The Bertz CT molecular complexity index is 615. The number of benzene rings is 1. The number of guanidine groups is 1. The summed E-state index contributed by atoms with van der Waals surface area (Å²) >= 11 is 0. The minimum absolute atomic E-state index is 0.689. The number of hydrogen-bond acceptors (Lipinski definition) is 2. The van der Waals surface area contributed by atoms with Gasteiger partial charge in [0.25, 0.3) is 0 Å². The predicted molar refractivity (Wildman–Crippen MR) is 90.9 cm³/mol. The highest BCUT2D eigenvalue weighted by molar-refractivity contribution is 5.79.